The zero-order valence-corrected chi connectivity index (χ0v) is 21.9. The zero-order valence-electron chi connectivity index (χ0n) is 21.9. The fourth-order valence-electron chi connectivity index (χ4n) is 5.69. The Labute approximate surface area is 221 Å². The summed E-state index contributed by atoms with van der Waals surface area (Å²) in [4.78, 5) is 17.2. The van der Waals surface area contributed by atoms with Crippen molar-refractivity contribution in [2.45, 2.75) is 57.8 Å². The fourth-order valence-corrected chi connectivity index (χ4v) is 5.69. The van der Waals surface area contributed by atoms with Crippen molar-refractivity contribution in [2.24, 2.45) is 5.92 Å². The lowest BCUT2D eigenvalue weighted by molar-refractivity contribution is 0.0550. The average molecular weight is 498 g/mol. The van der Waals surface area contributed by atoms with E-state index in [-0.39, 0.29) is 12.1 Å². The molecule has 1 saturated heterocycles. The van der Waals surface area contributed by atoms with Crippen molar-refractivity contribution in [3.63, 3.8) is 0 Å². The number of para-hydroxylation sites is 1. The van der Waals surface area contributed by atoms with Crippen LogP contribution in [0.1, 0.15) is 42.9 Å². The molecular weight excluding hydrogens is 458 g/mol. The summed E-state index contributed by atoms with van der Waals surface area (Å²) in [6.07, 6.45) is 4.18. The van der Waals surface area contributed by atoms with E-state index in [1.165, 1.54) is 28.8 Å². The minimum absolute atomic E-state index is 0.105. The monoisotopic (exact) mass is 497 g/mol. The first-order chi connectivity index (χ1) is 18.2. The summed E-state index contributed by atoms with van der Waals surface area (Å²) < 4.78 is 5.86. The molecule has 2 heterocycles. The number of hydrogen-bond donors (Lipinski definition) is 1. The van der Waals surface area contributed by atoms with Crippen molar-refractivity contribution in [1.82, 2.24) is 9.80 Å². The number of rotatable bonds is 8. The first kappa shape index (κ1) is 25.3. The van der Waals surface area contributed by atoms with E-state index < -0.39 is 0 Å². The van der Waals surface area contributed by atoms with Crippen LogP contribution >= 0.6 is 0 Å². The Balaban J connectivity index is 1.11. The van der Waals surface area contributed by atoms with Gasteiger partial charge in [0.25, 0.3) is 0 Å². The van der Waals surface area contributed by atoms with Crippen LogP contribution in [-0.4, -0.2) is 47.7 Å². The normalized spacial score (nSPS) is 18.6. The van der Waals surface area contributed by atoms with Crippen LogP contribution in [0, 0.1) is 5.92 Å². The van der Waals surface area contributed by atoms with Crippen molar-refractivity contribution >= 4 is 11.8 Å². The van der Waals surface area contributed by atoms with Gasteiger partial charge in [-0.05, 0) is 61.3 Å². The van der Waals surface area contributed by atoms with Crippen LogP contribution in [0.2, 0.25) is 0 Å². The smallest absolute Gasteiger partial charge is 0.409 e. The van der Waals surface area contributed by atoms with Crippen LogP contribution in [-0.2, 0) is 24.2 Å². The van der Waals surface area contributed by atoms with Gasteiger partial charge in [-0.25, -0.2) is 4.79 Å². The summed E-state index contributed by atoms with van der Waals surface area (Å²) in [5, 5.41) is 3.76. The molecule has 1 unspecified atom stereocenters. The second-order valence-electron chi connectivity index (χ2n) is 10.6. The molecule has 3 aromatic rings. The standard InChI is InChI=1S/C32H39N3O2/c1-25(35(22-26-10-4-2-5-11-26)23-27-12-6-3-7-13-27)24-37-32(36)34-20-18-29(19-21-34)31-17-16-28-14-8-9-15-30(28)33-31/h2-15,25,29,31,33H,16-24H2,1H3/t25?,31-/m0/s1. The van der Waals surface area contributed by atoms with E-state index in [0.717, 1.165) is 45.4 Å². The highest BCUT2D eigenvalue weighted by atomic mass is 16.6. The van der Waals surface area contributed by atoms with Crippen LogP contribution < -0.4 is 5.32 Å². The molecule has 5 heteroatoms. The van der Waals surface area contributed by atoms with Gasteiger partial charge in [0.05, 0.1) is 0 Å². The molecule has 0 saturated carbocycles. The number of piperidine rings is 1. The molecule has 37 heavy (non-hydrogen) atoms. The van der Waals surface area contributed by atoms with Gasteiger partial charge in [0.1, 0.15) is 6.61 Å². The molecule has 0 radical (unpaired) electrons. The first-order valence-corrected chi connectivity index (χ1v) is 13.7. The van der Waals surface area contributed by atoms with E-state index in [0.29, 0.717) is 18.6 Å². The van der Waals surface area contributed by atoms with Gasteiger partial charge in [-0.15, -0.1) is 0 Å². The Hall–Kier alpha value is -3.31. The molecule has 5 nitrogen and oxygen atoms in total. The summed E-state index contributed by atoms with van der Waals surface area (Å²) in [5.74, 6) is 0.601. The maximum absolute atomic E-state index is 13.0. The number of hydrogen-bond acceptors (Lipinski definition) is 4. The third kappa shape index (κ3) is 6.72. The van der Waals surface area contributed by atoms with Gasteiger partial charge in [0.15, 0.2) is 0 Å². The van der Waals surface area contributed by atoms with Crippen molar-refractivity contribution in [1.29, 1.82) is 0 Å². The number of benzene rings is 3. The first-order valence-electron chi connectivity index (χ1n) is 13.7. The number of fused-ring (bicyclic) bond motifs is 1. The van der Waals surface area contributed by atoms with Crippen LogP contribution in [0.4, 0.5) is 10.5 Å². The highest BCUT2D eigenvalue weighted by Crippen LogP contribution is 2.32. The Bertz CT molecular complexity index is 1090. The van der Waals surface area contributed by atoms with E-state index in [4.69, 9.17) is 4.74 Å². The Morgan fingerprint density at radius 2 is 1.49 bits per heavy atom. The molecule has 0 bridgehead atoms. The van der Waals surface area contributed by atoms with Crippen molar-refractivity contribution in [2.75, 3.05) is 25.0 Å². The Kier molecular flexibility index (Phi) is 8.42. The van der Waals surface area contributed by atoms with Gasteiger partial charge in [0, 0.05) is 44.0 Å². The van der Waals surface area contributed by atoms with Crippen molar-refractivity contribution < 1.29 is 9.53 Å². The van der Waals surface area contributed by atoms with Crippen molar-refractivity contribution in [3.8, 4) is 0 Å². The van der Waals surface area contributed by atoms with Crippen LogP contribution in [0.5, 0.6) is 0 Å². The second kappa shape index (κ2) is 12.3. The summed E-state index contributed by atoms with van der Waals surface area (Å²) in [5.41, 5.74) is 5.22. The number of anilines is 1. The molecule has 2 aliphatic heterocycles. The topological polar surface area (TPSA) is 44.8 Å². The number of carbonyl (C=O) groups is 1. The molecule has 0 spiro atoms. The lowest BCUT2D eigenvalue weighted by Gasteiger charge is -2.38. The number of nitrogens with one attached hydrogen (secondary N) is 1. The fraction of sp³-hybridized carbons (Fsp3) is 0.406. The highest BCUT2D eigenvalue weighted by Gasteiger charge is 2.31. The van der Waals surface area contributed by atoms with Crippen LogP contribution in [0.25, 0.3) is 0 Å². The number of ether oxygens (including phenoxy) is 1. The van der Waals surface area contributed by atoms with Gasteiger partial charge >= 0.3 is 6.09 Å². The van der Waals surface area contributed by atoms with E-state index in [1.807, 2.05) is 17.0 Å². The maximum Gasteiger partial charge on any atom is 0.409 e. The molecule has 1 N–H and O–H groups in total. The molecule has 0 aliphatic carbocycles. The molecule has 2 aliphatic rings. The van der Waals surface area contributed by atoms with Crippen LogP contribution in [0.15, 0.2) is 84.9 Å². The highest BCUT2D eigenvalue weighted by molar-refractivity contribution is 5.67. The molecule has 2 atom stereocenters. The number of nitrogens with zero attached hydrogens (tertiary/aromatic N) is 2. The summed E-state index contributed by atoms with van der Waals surface area (Å²) >= 11 is 0. The average Bonchev–Trinajstić information content (AvgIpc) is 2.96. The maximum atomic E-state index is 13.0. The summed E-state index contributed by atoms with van der Waals surface area (Å²) in [6.45, 7) is 5.72. The third-order valence-electron chi connectivity index (χ3n) is 7.98. The van der Waals surface area contributed by atoms with E-state index in [2.05, 4.69) is 89.9 Å². The lowest BCUT2D eigenvalue weighted by Crippen LogP contribution is -2.45. The van der Waals surface area contributed by atoms with E-state index in [9.17, 15) is 4.79 Å². The van der Waals surface area contributed by atoms with Gasteiger partial charge < -0.3 is 15.0 Å². The molecule has 1 amide bonds. The van der Waals surface area contributed by atoms with E-state index >= 15 is 0 Å². The molecule has 5 rings (SSSR count). The minimum Gasteiger partial charge on any atom is -0.448 e. The SMILES string of the molecule is CC(COC(=O)N1CCC([C@@H]2CCc3ccccc3N2)CC1)N(Cc1ccccc1)Cc1ccccc1. The van der Waals surface area contributed by atoms with Gasteiger partial charge in [-0.3, -0.25) is 4.90 Å². The zero-order chi connectivity index (χ0) is 25.5. The van der Waals surface area contributed by atoms with Gasteiger partial charge in [-0.1, -0.05) is 78.9 Å². The third-order valence-corrected chi connectivity index (χ3v) is 7.98. The Morgan fingerprint density at radius 1 is 0.892 bits per heavy atom. The van der Waals surface area contributed by atoms with Gasteiger partial charge in [0.2, 0.25) is 0 Å². The predicted octanol–water partition coefficient (Wildman–Crippen LogP) is 6.35. The predicted molar refractivity (Wildman–Crippen MR) is 149 cm³/mol. The van der Waals surface area contributed by atoms with E-state index in [1.54, 1.807) is 0 Å². The summed E-state index contributed by atoms with van der Waals surface area (Å²) in [6, 6.07) is 30.2. The number of amides is 1. The quantitative estimate of drug-likeness (QED) is 0.394. The largest absolute Gasteiger partial charge is 0.448 e. The molecule has 3 aromatic carbocycles. The molecule has 1 fully saturated rings. The lowest BCUT2D eigenvalue weighted by atomic mass is 9.84. The minimum atomic E-state index is -0.174. The van der Waals surface area contributed by atoms with Crippen LogP contribution in [0.3, 0.4) is 0 Å². The molecular formula is C32H39N3O2. The summed E-state index contributed by atoms with van der Waals surface area (Å²) in [7, 11) is 0. The number of aryl methyl sites for hydroxylation is 1. The number of likely N-dealkylation sites (tertiary alicyclic amines) is 1. The molecule has 0 aromatic heterocycles. The second-order valence-corrected chi connectivity index (χ2v) is 10.6. The van der Waals surface area contributed by atoms with Gasteiger partial charge in [-0.2, -0.15) is 0 Å². The number of carbonyl (C=O) groups excluding carboxylic acids is 1. The molecule has 194 valence electrons. The Morgan fingerprint density at radius 3 is 2.14 bits per heavy atom. The van der Waals surface area contributed by atoms with Crippen molar-refractivity contribution in [3.05, 3.63) is 102 Å².